The maximum atomic E-state index is 12.6. The van der Waals surface area contributed by atoms with Gasteiger partial charge in [0.25, 0.3) is 11.6 Å². The van der Waals surface area contributed by atoms with E-state index in [2.05, 4.69) is 15.3 Å². The first-order chi connectivity index (χ1) is 14.6. The first-order valence-electron chi connectivity index (χ1n) is 9.77. The zero-order valence-corrected chi connectivity index (χ0v) is 16.2. The first-order valence-corrected chi connectivity index (χ1v) is 9.77. The van der Waals surface area contributed by atoms with Crippen molar-refractivity contribution in [2.24, 2.45) is 0 Å². The molecule has 1 aliphatic rings. The molecule has 1 aromatic carbocycles. The number of rotatable bonds is 7. The molecule has 30 heavy (non-hydrogen) atoms. The van der Waals surface area contributed by atoms with E-state index < -0.39 is 10.8 Å². The van der Waals surface area contributed by atoms with Gasteiger partial charge in [0.2, 0.25) is 5.88 Å². The summed E-state index contributed by atoms with van der Waals surface area (Å²) in [7, 11) is 0. The summed E-state index contributed by atoms with van der Waals surface area (Å²) < 4.78 is 7.52. The fourth-order valence-corrected chi connectivity index (χ4v) is 3.54. The van der Waals surface area contributed by atoms with Crippen LogP contribution in [-0.4, -0.2) is 31.5 Å². The second-order valence-corrected chi connectivity index (χ2v) is 7.11. The molecule has 0 bridgehead atoms. The van der Waals surface area contributed by atoms with Crippen molar-refractivity contribution in [3.8, 4) is 11.6 Å². The zero-order valence-electron chi connectivity index (χ0n) is 16.2. The molecule has 1 saturated carbocycles. The quantitative estimate of drug-likeness (QED) is 0.474. The van der Waals surface area contributed by atoms with Crippen molar-refractivity contribution in [2.45, 2.75) is 38.3 Å². The standard InChI is InChI=1S/C21H21N5O4/c27-20(15-7-8-18(19(12-15)26(28)29)25-11-10-22-14-25)24-13-16-4-3-9-23-21(16)30-17-5-1-2-6-17/h3-4,7-12,14,17H,1-2,5-6,13H2,(H,24,27). The Balaban J connectivity index is 1.48. The van der Waals surface area contributed by atoms with Crippen LogP contribution >= 0.6 is 0 Å². The molecule has 0 saturated heterocycles. The highest BCUT2D eigenvalue weighted by Gasteiger charge is 2.20. The van der Waals surface area contributed by atoms with Crippen molar-refractivity contribution in [1.82, 2.24) is 19.9 Å². The summed E-state index contributed by atoms with van der Waals surface area (Å²) in [5, 5.41) is 14.3. The summed E-state index contributed by atoms with van der Waals surface area (Å²) in [6, 6.07) is 7.99. The molecule has 9 heteroatoms. The van der Waals surface area contributed by atoms with Crippen molar-refractivity contribution in [3.63, 3.8) is 0 Å². The van der Waals surface area contributed by atoms with E-state index in [1.807, 2.05) is 6.07 Å². The molecule has 4 rings (SSSR count). The number of pyridine rings is 1. The van der Waals surface area contributed by atoms with Crippen LogP contribution in [-0.2, 0) is 6.54 Å². The monoisotopic (exact) mass is 407 g/mol. The molecule has 0 spiro atoms. The first kappa shape index (κ1) is 19.6. The molecular weight excluding hydrogens is 386 g/mol. The molecule has 3 aromatic rings. The van der Waals surface area contributed by atoms with E-state index in [0.717, 1.165) is 31.2 Å². The number of imidazole rings is 1. The van der Waals surface area contributed by atoms with Gasteiger partial charge < -0.3 is 14.6 Å². The fraction of sp³-hybridized carbons (Fsp3) is 0.286. The van der Waals surface area contributed by atoms with Gasteiger partial charge >= 0.3 is 0 Å². The number of carbonyl (C=O) groups is 1. The van der Waals surface area contributed by atoms with Gasteiger partial charge in [-0.25, -0.2) is 9.97 Å². The SMILES string of the molecule is O=C(NCc1cccnc1OC1CCCC1)c1ccc(-n2ccnc2)c([N+](=O)[O-])c1. The van der Waals surface area contributed by atoms with Crippen LogP contribution in [0, 0.1) is 10.1 Å². The molecule has 1 N–H and O–H groups in total. The predicted octanol–water partition coefficient (Wildman–Crippen LogP) is 3.43. The molecule has 0 aliphatic heterocycles. The Morgan fingerprint density at radius 3 is 2.83 bits per heavy atom. The van der Waals surface area contributed by atoms with E-state index in [4.69, 9.17) is 4.74 Å². The number of hydrogen-bond donors (Lipinski definition) is 1. The average Bonchev–Trinajstić information content (AvgIpc) is 3.47. The van der Waals surface area contributed by atoms with Gasteiger partial charge in [0.05, 0.1) is 11.3 Å². The Kier molecular flexibility index (Phi) is 5.69. The van der Waals surface area contributed by atoms with Gasteiger partial charge in [0.1, 0.15) is 11.8 Å². The van der Waals surface area contributed by atoms with Gasteiger partial charge in [-0.3, -0.25) is 14.9 Å². The minimum Gasteiger partial charge on any atom is -0.474 e. The van der Waals surface area contributed by atoms with Gasteiger partial charge in [-0.05, 0) is 43.9 Å². The minimum absolute atomic E-state index is 0.160. The third kappa shape index (κ3) is 4.29. The lowest BCUT2D eigenvalue weighted by molar-refractivity contribution is -0.384. The number of carbonyl (C=O) groups excluding carboxylic acids is 1. The van der Waals surface area contributed by atoms with Gasteiger partial charge in [-0.2, -0.15) is 0 Å². The Morgan fingerprint density at radius 2 is 2.10 bits per heavy atom. The third-order valence-electron chi connectivity index (χ3n) is 5.09. The van der Waals surface area contributed by atoms with Crippen molar-refractivity contribution in [1.29, 1.82) is 0 Å². The van der Waals surface area contributed by atoms with E-state index in [0.29, 0.717) is 11.6 Å². The molecule has 0 radical (unpaired) electrons. The van der Waals surface area contributed by atoms with Gasteiger partial charge in [0, 0.05) is 42.3 Å². The number of nitrogens with zero attached hydrogens (tertiary/aromatic N) is 4. The van der Waals surface area contributed by atoms with Gasteiger partial charge in [-0.1, -0.05) is 6.07 Å². The van der Waals surface area contributed by atoms with Crippen molar-refractivity contribution in [3.05, 3.63) is 76.5 Å². The van der Waals surface area contributed by atoms with Crippen LogP contribution < -0.4 is 10.1 Å². The summed E-state index contributed by atoms with van der Waals surface area (Å²) >= 11 is 0. The van der Waals surface area contributed by atoms with Crippen LogP contribution in [0.15, 0.2) is 55.2 Å². The Morgan fingerprint density at radius 1 is 1.27 bits per heavy atom. The van der Waals surface area contributed by atoms with Crippen LogP contribution in [0.25, 0.3) is 5.69 Å². The number of amides is 1. The molecule has 1 amide bonds. The van der Waals surface area contributed by atoms with Crippen LogP contribution in [0.2, 0.25) is 0 Å². The maximum absolute atomic E-state index is 12.6. The Hall–Kier alpha value is -3.75. The smallest absolute Gasteiger partial charge is 0.294 e. The molecule has 9 nitrogen and oxygen atoms in total. The molecule has 1 fully saturated rings. The number of nitro groups is 1. The Labute approximate surface area is 172 Å². The minimum atomic E-state index is -0.513. The number of benzene rings is 1. The van der Waals surface area contributed by atoms with Gasteiger partial charge in [0.15, 0.2) is 0 Å². The second-order valence-electron chi connectivity index (χ2n) is 7.11. The number of ether oxygens (including phenoxy) is 1. The number of hydrogen-bond acceptors (Lipinski definition) is 6. The van der Waals surface area contributed by atoms with Crippen LogP contribution in [0.4, 0.5) is 5.69 Å². The van der Waals surface area contributed by atoms with E-state index >= 15 is 0 Å². The summed E-state index contributed by atoms with van der Waals surface area (Å²) in [6.07, 6.45) is 10.7. The highest BCUT2D eigenvalue weighted by molar-refractivity contribution is 5.95. The number of nitrogens with one attached hydrogen (secondary N) is 1. The molecular formula is C21H21N5O4. The zero-order chi connectivity index (χ0) is 20.9. The summed E-state index contributed by atoms with van der Waals surface area (Å²) in [5.74, 6) is 0.108. The molecule has 154 valence electrons. The number of aromatic nitrogens is 3. The van der Waals surface area contributed by atoms with Crippen molar-refractivity contribution >= 4 is 11.6 Å². The maximum Gasteiger partial charge on any atom is 0.294 e. The fourth-order valence-electron chi connectivity index (χ4n) is 3.54. The molecule has 0 unspecified atom stereocenters. The average molecular weight is 407 g/mol. The Bertz CT molecular complexity index is 1050. The molecule has 1 aliphatic carbocycles. The lowest BCUT2D eigenvalue weighted by atomic mass is 10.1. The normalized spacial score (nSPS) is 13.9. The van der Waals surface area contributed by atoms with E-state index in [-0.39, 0.29) is 23.9 Å². The van der Waals surface area contributed by atoms with Gasteiger partial charge in [-0.15, -0.1) is 0 Å². The summed E-state index contributed by atoms with van der Waals surface area (Å²) in [4.78, 5) is 31.8. The topological polar surface area (TPSA) is 112 Å². The van der Waals surface area contributed by atoms with E-state index in [1.165, 1.54) is 29.2 Å². The lowest BCUT2D eigenvalue weighted by Gasteiger charge is -2.15. The van der Waals surface area contributed by atoms with Crippen LogP contribution in [0.1, 0.15) is 41.6 Å². The van der Waals surface area contributed by atoms with Crippen molar-refractivity contribution < 1.29 is 14.5 Å². The number of nitro benzene ring substituents is 1. The summed E-state index contributed by atoms with van der Waals surface area (Å²) in [6.45, 7) is 0.214. The third-order valence-corrected chi connectivity index (χ3v) is 5.09. The van der Waals surface area contributed by atoms with E-state index in [9.17, 15) is 14.9 Å². The second kappa shape index (κ2) is 8.73. The molecule has 2 aromatic heterocycles. The summed E-state index contributed by atoms with van der Waals surface area (Å²) in [5.41, 5.74) is 1.14. The van der Waals surface area contributed by atoms with Crippen LogP contribution in [0.5, 0.6) is 5.88 Å². The van der Waals surface area contributed by atoms with E-state index in [1.54, 1.807) is 24.5 Å². The van der Waals surface area contributed by atoms with Crippen molar-refractivity contribution in [2.75, 3.05) is 0 Å². The molecule has 2 heterocycles. The predicted molar refractivity (Wildman–Crippen MR) is 109 cm³/mol. The lowest BCUT2D eigenvalue weighted by Crippen LogP contribution is -2.24. The highest BCUT2D eigenvalue weighted by Crippen LogP contribution is 2.26. The highest BCUT2D eigenvalue weighted by atomic mass is 16.6. The molecule has 0 atom stereocenters. The van der Waals surface area contributed by atoms with Crippen LogP contribution in [0.3, 0.4) is 0 Å². The largest absolute Gasteiger partial charge is 0.474 e.